The second-order valence-corrected chi connectivity index (χ2v) is 10.6. The number of carbonyl (C=O) groups excluding carboxylic acids is 1. The van der Waals surface area contributed by atoms with Crippen LogP contribution < -0.4 is 21.3 Å². The molecule has 4 rings (SSSR count). The Morgan fingerprint density at radius 2 is 2.25 bits per heavy atom. The average molecular weight is 537 g/mol. The first-order chi connectivity index (χ1) is 17.2. The third-order valence-corrected chi connectivity index (χ3v) is 7.19. The number of halogens is 3. The summed E-state index contributed by atoms with van der Waals surface area (Å²) in [6.45, 7) is -0.916. The van der Waals surface area contributed by atoms with Crippen molar-refractivity contribution in [3.63, 3.8) is 0 Å². The van der Waals surface area contributed by atoms with E-state index >= 15 is 0 Å². The largest absolute Gasteiger partial charge is 0.433 e. The normalized spacial score (nSPS) is 21.8. The predicted octanol–water partition coefficient (Wildman–Crippen LogP) is 3.89. The van der Waals surface area contributed by atoms with E-state index in [9.17, 15) is 13.6 Å². The topological polar surface area (TPSA) is 111 Å². The van der Waals surface area contributed by atoms with E-state index in [1.165, 1.54) is 37.4 Å². The highest BCUT2D eigenvalue weighted by Crippen LogP contribution is 2.70. The molecule has 12 heteroatoms. The van der Waals surface area contributed by atoms with Gasteiger partial charge < -0.3 is 26.0 Å². The Morgan fingerprint density at radius 3 is 2.92 bits per heavy atom. The lowest BCUT2D eigenvalue weighted by Gasteiger charge is -2.22. The van der Waals surface area contributed by atoms with Crippen molar-refractivity contribution < 1.29 is 18.3 Å². The highest BCUT2D eigenvalue weighted by molar-refractivity contribution is 8.14. The number of hydrogen-bond acceptors (Lipinski definition) is 8. The number of rotatable bonds is 9. The Morgan fingerprint density at radius 1 is 1.47 bits per heavy atom. The van der Waals surface area contributed by atoms with Gasteiger partial charge >= 0.3 is 6.61 Å². The second kappa shape index (κ2) is 11.1. The van der Waals surface area contributed by atoms with Gasteiger partial charge in [0, 0.05) is 29.5 Å². The minimum Gasteiger partial charge on any atom is -0.433 e. The van der Waals surface area contributed by atoms with Gasteiger partial charge in [0.25, 0.3) is 5.91 Å². The number of dihydropyridines is 1. The van der Waals surface area contributed by atoms with Gasteiger partial charge in [-0.25, -0.2) is 4.98 Å². The van der Waals surface area contributed by atoms with Crippen LogP contribution in [0.5, 0.6) is 0 Å². The van der Waals surface area contributed by atoms with Gasteiger partial charge in [-0.3, -0.25) is 10.2 Å². The third-order valence-electron chi connectivity index (χ3n) is 6.12. The molecule has 0 aromatic carbocycles. The monoisotopic (exact) mass is 536 g/mol. The number of allylic oxidation sites excluding steroid dienone is 1. The van der Waals surface area contributed by atoms with Crippen molar-refractivity contribution in [3.05, 3.63) is 41.4 Å². The van der Waals surface area contributed by atoms with Gasteiger partial charge in [0.05, 0.1) is 17.6 Å². The van der Waals surface area contributed by atoms with E-state index in [-0.39, 0.29) is 27.5 Å². The number of ether oxygens (including phenoxy) is 1. The van der Waals surface area contributed by atoms with Gasteiger partial charge in [0.15, 0.2) is 0 Å². The number of nitrogens with one attached hydrogen (secondary N) is 5. The van der Waals surface area contributed by atoms with Crippen LogP contribution in [-0.4, -0.2) is 47.1 Å². The van der Waals surface area contributed by atoms with Crippen LogP contribution in [-0.2, 0) is 4.74 Å². The Balaban J connectivity index is 1.52. The van der Waals surface area contributed by atoms with Gasteiger partial charge in [-0.2, -0.15) is 8.78 Å². The zero-order valence-electron chi connectivity index (χ0n) is 19.8. The maximum absolute atomic E-state index is 13.3. The molecule has 3 aliphatic rings. The number of hydrogen-bond donors (Lipinski definition) is 5. The zero-order chi connectivity index (χ0) is 25.9. The van der Waals surface area contributed by atoms with Crippen LogP contribution >= 0.6 is 23.4 Å². The SMILES string of the molecule is CNCNc1cc(C(=O)NC(C)SC(=N)C#CC2CC23CC3)c(C2=CC(Cl)NC=C2OC(F)F)cn1. The summed E-state index contributed by atoms with van der Waals surface area (Å²) in [6.07, 6.45) is 7.70. The lowest BCUT2D eigenvalue weighted by atomic mass is 9.98. The van der Waals surface area contributed by atoms with E-state index in [1.807, 2.05) is 0 Å². The molecule has 2 aliphatic carbocycles. The first-order valence-corrected chi connectivity index (χ1v) is 12.8. The summed E-state index contributed by atoms with van der Waals surface area (Å²) in [6, 6.07) is 1.53. The van der Waals surface area contributed by atoms with Crippen molar-refractivity contribution in [2.24, 2.45) is 11.3 Å². The Labute approximate surface area is 217 Å². The summed E-state index contributed by atoms with van der Waals surface area (Å²) >= 11 is 7.30. The molecule has 3 atom stereocenters. The van der Waals surface area contributed by atoms with Gasteiger partial charge in [-0.05, 0) is 56.7 Å². The maximum Gasteiger partial charge on any atom is 0.387 e. The fraction of sp³-hybridized carbons (Fsp3) is 0.458. The number of carbonyl (C=O) groups is 1. The summed E-state index contributed by atoms with van der Waals surface area (Å²) in [7, 11) is 1.75. The van der Waals surface area contributed by atoms with Crippen molar-refractivity contribution in [1.29, 1.82) is 5.41 Å². The summed E-state index contributed by atoms with van der Waals surface area (Å²) in [5.41, 5.74) is 0.420. The number of pyridine rings is 1. The van der Waals surface area contributed by atoms with Crippen molar-refractivity contribution in [2.75, 3.05) is 19.0 Å². The lowest BCUT2D eigenvalue weighted by molar-refractivity contribution is -0.0914. The quantitative estimate of drug-likeness (QED) is 0.0813. The predicted molar refractivity (Wildman–Crippen MR) is 138 cm³/mol. The molecule has 192 valence electrons. The minimum absolute atomic E-state index is 0.165. The molecule has 5 N–H and O–H groups in total. The van der Waals surface area contributed by atoms with E-state index in [2.05, 4.69) is 42.8 Å². The minimum atomic E-state index is -3.07. The molecule has 2 heterocycles. The number of alkyl halides is 3. The summed E-state index contributed by atoms with van der Waals surface area (Å²) in [4.78, 5) is 17.6. The smallest absolute Gasteiger partial charge is 0.387 e. The first-order valence-electron chi connectivity index (χ1n) is 11.4. The van der Waals surface area contributed by atoms with E-state index < -0.39 is 23.4 Å². The van der Waals surface area contributed by atoms with Crippen molar-refractivity contribution >= 4 is 45.7 Å². The van der Waals surface area contributed by atoms with E-state index in [0.717, 1.165) is 18.2 Å². The molecule has 0 bridgehead atoms. The molecule has 0 radical (unpaired) electrons. The van der Waals surface area contributed by atoms with Crippen LogP contribution in [0.4, 0.5) is 14.6 Å². The van der Waals surface area contributed by atoms with Crippen LogP contribution in [0.25, 0.3) is 5.57 Å². The Bertz CT molecular complexity index is 1160. The van der Waals surface area contributed by atoms with Crippen LogP contribution in [0.1, 0.15) is 42.1 Å². The number of aromatic nitrogens is 1. The van der Waals surface area contributed by atoms with Gasteiger partial charge in [-0.1, -0.05) is 29.3 Å². The molecular formula is C24H27ClF2N6O2S. The van der Waals surface area contributed by atoms with Crippen LogP contribution in [0.2, 0.25) is 0 Å². The van der Waals surface area contributed by atoms with Crippen molar-refractivity contribution in [2.45, 2.75) is 43.7 Å². The van der Waals surface area contributed by atoms with E-state index in [1.54, 1.807) is 14.0 Å². The summed E-state index contributed by atoms with van der Waals surface area (Å²) in [5, 5.41) is 19.4. The second-order valence-electron chi connectivity index (χ2n) is 8.81. The fourth-order valence-corrected chi connectivity index (χ4v) is 4.80. The molecule has 3 unspecified atom stereocenters. The molecule has 1 aromatic rings. The molecule has 1 amide bonds. The molecule has 1 aliphatic heterocycles. The summed E-state index contributed by atoms with van der Waals surface area (Å²) in [5.74, 6) is 6.24. The highest BCUT2D eigenvalue weighted by atomic mass is 35.5. The molecule has 8 nitrogen and oxygen atoms in total. The highest BCUT2D eigenvalue weighted by Gasteiger charge is 2.62. The molecule has 2 saturated carbocycles. The van der Waals surface area contributed by atoms with E-state index in [0.29, 0.717) is 23.8 Å². The third kappa shape index (κ3) is 6.49. The van der Waals surface area contributed by atoms with Crippen LogP contribution in [0.15, 0.2) is 30.3 Å². The van der Waals surface area contributed by atoms with Crippen molar-refractivity contribution in [1.82, 2.24) is 20.9 Å². The maximum atomic E-state index is 13.3. The first kappa shape index (κ1) is 26.3. The zero-order valence-corrected chi connectivity index (χ0v) is 21.3. The lowest BCUT2D eigenvalue weighted by Crippen LogP contribution is -2.32. The number of amides is 1. The Hall–Kier alpha value is -2.81. The molecule has 36 heavy (non-hydrogen) atoms. The molecular weight excluding hydrogens is 510 g/mol. The molecule has 1 spiro atoms. The number of thioether (sulfide) groups is 1. The van der Waals surface area contributed by atoms with Crippen LogP contribution in [0.3, 0.4) is 0 Å². The van der Waals surface area contributed by atoms with Crippen molar-refractivity contribution in [3.8, 4) is 11.8 Å². The fourth-order valence-electron chi connectivity index (χ4n) is 3.97. The standard InChI is InChI=1S/C24H27ClF2N6O2S/c1-13(36-20(28)4-3-14-9-24(14)5-6-24)33-22(34)16-8-21(32-12-29-2)31-10-17(16)15-7-19(25)30-11-18(15)35-23(26)27/h7-8,10-11,13-14,19,23,28-30H,5-6,9,12H2,1-2H3,(H,31,32)(H,33,34). The molecule has 0 saturated heterocycles. The number of nitrogens with zero attached hydrogens (tertiary/aromatic N) is 1. The number of anilines is 1. The summed E-state index contributed by atoms with van der Waals surface area (Å²) < 4.78 is 30.7. The van der Waals surface area contributed by atoms with Gasteiger partial charge in [0.2, 0.25) is 0 Å². The molecule has 1 aromatic heterocycles. The molecule has 2 fully saturated rings. The van der Waals surface area contributed by atoms with Crippen LogP contribution in [0, 0.1) is 28.6 Å². The Kier molecular flexibility index (Phi) is 8.07. The average Bonchev–Trinajstić information content (AvgIpc) is 3.75. The van der Waals surface area contributed by atoms with Gasteiger partial charge in [-0.15, -0.1) is 0 Å². The van der Waals surface area contributed by atoms with E-state index in [4.69, 9.17) is 17.0 Å². The van der Waals surface area contributed by atoms with Gasteiger partial charge in [0.1, 0.15) is 22.1 Å².